The molecule has 1 aliphatic heterocycles. The van der Waals surface area contributed by atoms with Crippen LogP contribution in [0.15, 0.2) is 48.5 Å². The van der Waals surface area contributed by atoms with E-state index in [1.165, 1.54) is 7.11 Å². The van der Waals surface area contributed by atoms with Crippen molar-refractivity contribution in [2.45, 2.75) is 65.0 Å². The number of piperidine rings is 1. The summed E-state index contributed by atoms with van der Waals surface area (Å²) in [5.41, 5.74) is 1.29. The molecule has 1 atom stereocenters. The van der Waals surface area contributed by atoms with Crippen molar-refractivity contribution in [2.24, 2.45) is 0 Å². The zero-order valence-corrected chi connectivity index (χ0v) is 22.8. The number of carbonyl (C=O) groups excluding carboxylic acids is 1. The molecule has 1 amide bonds. The van der Waals surface area contributed by atoms with Gasteiger partial charge in [0.05, 0.1) is 12.8 Å². The van der Waals surface area contributed by atoms with Crippen LogP contribution >= 0.6 is 7.60 Å². The minimum Gasteiger partial charge on any atom is -0.486 e. The van der Waals surface area contributed by atoms with Crippen molar-refractivity contribution in [2.75, 3.05) is 26.8 Å². The molecule has 0 radical (unpaired) electrons. The molecule has 0 bridgehead atoms. The molecule has 3 rings (SSSR count). The first-order chi connectivity index (χ1) is 17.1. The highest BCUT2D eigenvalue weighted by Gasteiger charge is 2.28. The molecule has 0 N–H and O–H groups in total. The Morgan fingerprint density at radius 1 is 1.03 bits per heavy atom. The van der Waals surface area contributed by atoms with Gasteiger partial charge in [-0.15, -0.1) is 0 Å². The van der Waals surface area contributed by atoms with Crippen LogP contribution in [0.25, 0.3) is 0 Å². The average molecular weight is 520 g/mol. The fraction of sp³-hybridized carbons (Fsp3) is 0.519. The number of nitrogens with zero attached hydrogens (tertiary/aromatic N) is 1. The molecule has 0 aliphatic carbocycles. The minimum atomic E-state index is -3.16. The summed E-state index contributed by atoms with van der Waals surface area (Å²) in [6, 6.07) is 15.3. The minimum absolute atomic E-state index is 0.0153. The summed E-state index contributed by atoms with van der Waals surface area (Å²) in [7, 11) is -1.76. The highest BCUT2D eigenvalue weighted by Crippen LogP contribution is 2.50. The SMILES string of the molecule is CCOP(=O)(Cc1cccc(COc2ccccc2OC2CCN(C(=O)OC(C)(C)C)CC2)c1)OC. The second-order valence-corrected chi connectivity index (χ2v) is 11.9. The molecule has 1 unspecified atom stereocenters. The van der Waals surface area contributed by atoms with Gasteiger partial charge < -0.3 is 28.2 Å². The highest BCUT2D eigenvalue weighted by molar-refractivity contribution is 7.53. The van der Waals surface area contributed by atoms with Gasteiger partial charge in [-0.25, -0.2) is 4.79 Å². The molecule has 1 aliphatic rings. The molecular weight excluding hydrogens is 481 g/mol. The van der Waals surface area contributed by atoms with Gasteiger partial charge in [0.2, 0.25) is 0 Å². The molecular formula is C27H38NO7P. The van der Waals surface area contributed by atoms with E-state index in [4.69, 9.17) is 23.3 Å². The van der Waals surface area contributed by atoms with Crippen molar-refractivity contribution >= 4 is 13.7 Å². The Morgan fingerprint density at radius 3 is 2.33 bits per heavy atom. The summed E-state index contributed by atoms with van der Waals surface area (Å²) in [6.45, 7) is 9.22. The van der Waals surface area contributed by atoms with Crippen LogP contribution in [0.2, 0.25) is 0 Å². The van der Waals surface area contributed by atoms with Crippen molar-refractivity contribution in [1.29, 1.82) is 0 Å². The van der Waals surface area contributed by atoms with Gasteiger partial charge in [-0.1, -0.05) is 36.4 Å². The summed E-state index contributed by atoms with van der Waals surface area (Å²) in [6.07, 6.45) is 1.34. The molecule has 1 fully saturated rings. The third kappa shape index (κ3) is 8.54. The third-order valence-corrected chi connectivity index (χ3v) is 7.56. The topological polar surface area (TPSA) is 83.5 Å². The summed E-state index contributed by atoms with van der Waals surface area (Å²) in [5, 5.41) is 0. The fourth-order valence-electron chi connectivity index (χ4n) is 3.89. The van der Waals surface area contributed by atoms with E-state index in [-0.39, 0.29) is 18.4 Å². The van der Waals surface area contributed by atoms with E-state index in [2.05, 4.69) is 0 Å². The van der Waals surface area contributed by atoms with Gasteiger partial charge in [0.15, 0.2) is 11.5 Å². The largest absolute Gasteiger partial charge is 0.486 e. The molecule has 1 heterocycles. The van der Waals surface area contributed by atoms with Gasteiger partial charge in [0.1, 0.15) is 18.3 Å². The number of ether oxygens (including phenoxy) is 3. The van der Waals surface area contributed by atoms with Gasteiger partial charge in [-0.2, -0.15) is 0 Å². The van der Waals surface area contributed by atoms with Crippen LogP contribution in [0, 0.1) is 0 Å². The lowest BCUT2D eigenvalue weighted by molar-refractivity contribution is 0.0123. The number of amides is 1. The molecule has 0 saturated carbocycles. The number of likely N-dealkylation sites (tertiary alicyclic amines) is 1. The van der Waals surface area contributed by atoms with Gasteiger partial charge in [-0.3, -0.25) is 4.57 Å². The van der Waals surface area contributed by atoms with Gasteiger partial charge in [0.25, 0.3) is 0 Å². The second-order valence-electron chi connectivity index (χ2n) is 9.71. The summed E-state index contributed by atoms with van der Waals surface area (Å²) in [5.74, 6) is 1.32. The zero-order chi connectivity index (χ0) is 26.2. The Balaban J connectivity index is 1.57. The van der Waals surface area contributed by atoms with Crippen molar-refractivity contribution < 1.29 is 32.6 Å². The van der Waals surface area contributed by atoms with Crippen molar-refractivity contribution in [3.05, 3.63) is 59.7 Å². The first kappa shape index (κ1) is 28.0. The van der Waals surface area contributed by atoms with E-state index >= 15 is 0 Å². The Hall–Kier alpha value is -2.54. The molecule has 8 nitrogen and oxygen atoms in total. The number of carbonyl (C=O) groups is 1. The highest BCUT2D eigenvalue weighted by atomic mass is 31.2. The Morgan fingerprint density at radius 2 is 1.69 bits per heavy atom. The van der Waals surface area contributed by atoms with Gasteiger partial charge in [-0.05, 0) is 51.0 Å². The van der Waals surface area contributed by atoms with Crippen molar-refractivity contribution in [3.63, 3.8) is 0 Å². The predicted octanol–water partition coefficient (Wildman–Crippen LogP) is 6.42. The number of rotatable bonds is 10. The van der Waals surface area contributed by atoms with E-state index in [1.807, 2.05) is 69.3 Å². The molecule has 0 aromatic heterocycles. The lowest BCUT2D eigenvalue weighted by Crippen LogP contribution is -2.44. The van der Waals surface area contributed by atoms with E-state index in [1.54, 1.807) is 11.8 Å². The summed E-state index contributed by atoms with van der Waals surface area (Å²) < 4.78 is 41.0. The standard InChI is InChI=1S/C27H38NO7P/c1-6-33-36(30,31-5)20-22-11-9-10-21(18-22)19-32-24-12-7-8-13-25(24)34-23-14-16-28(17-15-23)26(29)35-27(2,3)4/h7-13,18,23H,6,14-17,19-20H2,1-5H3. The zero-order valence-electron chi connectivity index (χ0n) is 21.9. The molecule has 2 aromatic rings. The van der Waals surface area contributed by atoms with Crippen LogP contribution in [-0.4, -0.2) is 49.5 Å². The van der Waals surface area contributed by atoms with Gasteiger partial charge in [0, 0.05) is 33.0 Å². The van der Waals surface area contributed by atoms with E-state index < -0.39 is 13.2 Å². The Kier molecular flexibility index (Phi) is 9.83. The molecule has 0 spiro atoms. The third-order valence-electron chi connectivity index (χ3n) is 5.60. The number of para-hydroxylation sites is 2. The molecule has 36 heavy (non-hydrogen) atoms. The quantitative estimate of drug-likeness (QED) is 0.335. The van der Waals surface area contributed by atoms with Crippen LogP contribution in [0.4, 0.5) is 4.79 Å². The summed E-state index contributed by atoms with van der Waals surface area (Å²) >= 11 is 0. The second kappa shape index (κ2) is 12.6. The Bertz CT molecular complexity index is 1040. The number of benzene rings is 2. The maximum Gasteiger partial charge on any atom is 0.410 e. The fourth-order valence-corrected chi connectivity index (χ4v) is 5.25. The van der Waals surface area contributed by atoms with Crippen molar-refractivity contribution in [1.82, 2.24) is 4.90 Å². The maximum atomic E-state index is 12.7. The van der Waals surface area contributed by atoms with E-state index in [9.17, 15) is 9.36 Å². The van der Waals surface area contributed by atoms with Crippen molar-refractivity contribution in [3.8, 4) is 11.5 Å². The first-order valence-electron chi connectivity index (χ1n) is 12.3. The van der Waals surface area contributed by atoms with Gasteiger partial charge >= 0.3 is 13.7 Å². The lowest BCUT2D eigenvalue weighted by Gasteiger charge is -2.33. The number of hydrogen-bond acceptors (Lipinski definition) is 7. The van der Waals surface area contributed by atoms with Crippen LogP contribution < -0.4 is 9.47 Å². The monoisotopic (exact) mass is 519 g/mol. The van der Waals surface area contributed by atoms with E-state index in [0.29, 0.717) is 37.8 Å². The van der Waals surface area contributed by atoms with Crippen LogP contribution in [0.1, 0.15) is 51.7 Å². The normalized spacial score (nSPS) is 16.3. The molecule has 2 aromatic carbocycles. The number of hydrogen-bond donors (Lipinski definition) is 0. The molecule has 1 saturated heterocycles. The lowest BCUT2D eigenvalue weighted by atomic mass is 10.1. The molecule has 198 valence electrons. The van der Waals surface area contributed by atoms with E-state index in [0.717, 1.165) is 24.0 Å². The Labute approximate surface area is 214 Å². The predicted molar refractivity (Wildman–Crippen MR) is 139 cm³/mol. The summed E-state index contributed by atoms with van der Waals surface area (Å²) in [4.78, 5) is 14.0. The first-order valence-corrected chi connectivity index (χ1v) is 14.1. The maximum absolute atomic E-state index is 12.7. The average Bonchev–Trinajstić information content (AvgIpc) is 2.83. The van der Waals surface area contributed by atoms with Crippen LogP contribution in [-0.2, 0) is 31.1 Å². The van der Waals surface area contributed by atoms with Crippen LogP contribution in [0.3, 0.4) is 0 Å². The smallest absolute Gasteiger partial charge is 0.410 e. The molecule has 9 heteroatoms. The van der Waals surface area contributed by atoms with Crippen LogP contribution in [0.5, 0.6) is 11.5 Å².